The van der Waals surface area contributed by atoms with Crippen LogP contribution in [-0.4, -0.2) is 48.5 Å². The maximum Gasteiger partial charge on any atom is 0.203 e. The molecule has 3 rings (SSSR count). The Morgan fingerprint density at radius 1 is 0.800 bits per heavy atom. The van der Waals surface area contributed by atoms with Crippen LogP contribution in [0.3, 0.4) is 0 Å². The van der Waals surface area contributed by atoms with E-state index in [1.54, 1.807) is 56.6 Å². The molecule has 156 valence electrons. The van der Waals surface area contributed by atoms with Gasteiger partial charge < -0.3 is 24.1 Å². The van der Waals surface area contributed by atoms with Gasteiger partial charge in [-0.3, -0.25) is 0 Å². The molecular weight excluding hydrogens is 386 g/mol. The van der Waals surface area contributed by atoms with Crippen molar-refractivity contribution in [3.63, 3.8) is 0 Å². The van der Waals surface area contributed by atoms with Gasteiger partial charge >= 0.3 is 0 Å². The van der Waals surface area contributed by atoms with Gasteiger partial charge in [0.25, 0.3) is 0 Å². The minimum Gasteiger partial charge on any atom is -0.504 e. The number of ether oxygens (including phenoxy) is 4. The first-order valence-corrected chi connectivity index (χ1v) is 9.03. The molecule has 0 amide bonds. The predicted octanol–water partition coefficient (Wildman–Crippen LogP) is 3.82. The van der Waals surface area contributed by atoms with E-state index in [0.717, 1.165) is 11.1 Å². The van der Waals surface area contributed by atoms with E-state index >= 15 is 0 Å². The third-order valence-corrected chi connectivity index (χ3v) is 4.29. The van der Waals surface area contributed by atoms with E-state index in [1.165, 1.54) is 7.11 Å². The zero-order valence-corrected chi connectivity index (χ0v) is 17.2. The summed E-state index contributed by atoms with van der Waals surface area (Å²) in [7, 11) is 6.22. The second-order valence-corrected chi connectivity index (χ2v) is 6.16. The van der Waals surface area contributed by atoms with Crippen LogP contribution in [0.5, 0.6) is 28.7 Å². The Hall–Kier alpha value is -3.94. The fraction of sp³-hybridized carbons (Fsp3) is 0.182. The monoisotopic (exact) mass is 409 g/mol. The van der Waals surface area contributed by atoms with Gasteiger partial charge in [-0.05, 0) is 47.5 Å². The normalized spacial score (nSPS) is 11.2. The van der Waals surface area contributed by atoms with Crippen molar-refractivity contribution in [1.82, 2.24) is 15.0 Å². The van der Waals surface area contributed by atoms with Crippen LogP contribution in [0.2, 0.25) is 0 Å². The van der Waals surface area contributed by atoms with Crippen LogP contribution in [0.25, 0.3) is 24.4 Å². The number of rotatable bonds is 8. The highest BCUT2D eigenvalue weighted by Gasteiger charge is 2.12. The summed E-state index contributed by atoms with van der Waals surface area (Å²) in [5.74, 6) is 2.19. The number of phenols is 1. The highest BCUT2D eigenvalue weighted by molar-refractivity contribution is 5.71. The van der Waals surface area contributed by atoms with Gasteiger partial charge in [0, 0.05) is 6.20 Å². The molecule has 0 unspecified atom stereocenters. The summed E-state index contributed by atoms with van der Waals surface area (Å²) < 4.78 is 22.8. The van der Waals surface area contributed by atoms with Gasteiger partial charge in [0.2, 0.25) is 5.75 Å². The van der Waals surface area contributed by atoms with Gasteiger partial charge in [-0.15, -0.1) is 5.10 Å². The lowest BCUT2D eigenvalue weighted by Crippen LogP contribution is -1.95. The summed E-state index contributed by atoms with van der Waals surface area (Å²) in [6.45, 7) is 0. The van der Waals surface area contributed by atoms with E-state index in [-0.39, 0.29) is 5.75 Å². The molecule has 8 nitrogen and oxygen atoms in total. The molecule has 0 atom stereocenters. The molecule has 3 aromatic rings. The largest absolute Gasteiger partial charge is 0.504 e. The Morgan fingerprint density at radius 2 is 1.47 bits per heavy atom. The summed E-state index contributed by atoms with van der Waals surface area (Å²) in [6, 6.07) is 8.77. The Bertz CT molecular complexity index is 1050. The van der Waals surface area contributed by atoms with E-state index in [1.807, 2.05) is 30.4 Å². The van der Waals surface area contributed by atoms with Crippen molar-refractivity contribution in [3.8, 4) is 28.7 Å². The van der Waals surface area contributed by atoms with Crippen LogP contribution in [0.4, 0.5) is 0 Å². The molecule has 0 spiro atoms. The van der Waals surface area contributed by atoms with Crippen LogP contribution >= 0.6 is 0 Å². The minimum absolute atomic E-state index is 0.0922. The third-order valence-electron chi connectivity index (χ3n) is 4.29. The second kappa shape index (κ2) is 9.51. The van der Waals surface area contributed by atoms with E-state index in [0.29, 0.717) is 28.7 Å². The van der Waals surface area contributed by atoms with E-state index in [4.69, 9.17) is 18.9 Å². The summed E-state index contributed by atoms with van der Waals surface area (Å²) >= 11 is 0. The summed E-state index contributed by atoms with van der Waals surface area (Å²) in [4.78, 5) is 0. The molecule has 0 fully saturated rings. The SMILES string of the molecule is COc1cc(/C=C/n2cc(/C=C/c3cc(OC)c(OC)c(OC)c3)nn2)ccc1O. The van der Waals surface area contributed by atoms with Crippen molar-refractivity contribution in [2.75, 3.05) is 28.4 Å². The third kappa shape index (κ3) is 4.72. The van der Waals surface area contributed by atoms with Gasteiger partial charge in [0.1, 0.15) is 5.69 Å². The molecule has 0 aliphatic heterocycles. The lowest BCUT2D eigenvalue weighted by atomic mass is 10.1. The van der Waals surface area contributed by atoms with Crippen LogP contribution in [0.1, 0.15) is 16.8 Å². The number of aromatic hydroxyl groups is 1. The topological polar surface area (TPSA) is 87.9 Å². The Morgan fingerprint density at radius 3 is 2.10 bits per heavy atom. The van der Waals surface area contributed by atoms with Crippen molar-refractivity contribution < 1.29 is 24.1 Å². The average Bonchev–Trinajstić information content (AvgIpc) is 3.24. The highest BCUT2D eigenvalue weighted by Crippen LogP contribution is 2.38. The van der Waals surface area contributed by atoms with Gasteiger partial charge in [0.15, 0.2) is 23.0 Å². The highest BCUT2D eigenvalue weighted by atomic mass is 16.5. The molecule has 1 N–H and O–H groups in total. The molecule has 0 radical (unpaired) electrons. The fourth-order valence-corrected chi connectivity index (χ4v) is 2.78. The van der Waals surface area contributed by atoms with E-state index in [2.05, 4.69) is 10.3 Å². The first-order chi connectivity index (χ1) is 14.6. The molecule has 0 aliphatic carbocycles. The Kier molecular flexibility index (Phi) is 6.59. The number of nitrogens with zero attached hydrogens (tertiary/aromatic N) is 3. The van der Waals surface area contributed by atoms with Crippen LogP contribution in [0, 0.1) is 0 Å². The number of methoxy groups -OCH3 is 4. The van der Waals surface area contributed by atoms with Gasteiger partial charge in [-0.1, -0.05) is 17.4 Å². The second-order valence-electron chi connectivity index (χ2n) is 6.16. The van der Waals surface area contributed by atoms with Crippen molar-refractivity contribution in [2.45, 2.75) is 0 Å². The maximum absolute atomic E-state index is 9.66. The zero-order valence-electron chi connectivity index (χ0n) is 17.2. The van der Waals surface area contributed by atoms with Gasteiger partial charge in [-0.25, -0.2) is 4.68 Å². The first kappa shape index (κ1) is 20.8. The molecule has 8 heteroatoms. The molecule has 0 bridgehead atoms. The predicted molar refractivity (Wildman–Crippen MR) is 115 cm³/mol. The Balaban J connectivity index is 1.76. The van der Waals surface area contributed by atoms with Crippen LogP contribution in [0.15, 0.2) is 36.5 Å². The number of aromatic nitrogens is 3. The minimum atomic E-state index is 0.0922. The quantitative estimate of drug-likeness (QED) is 0.605. The number of hydrogen-bond acceptors (Lipinski definition) is 7. The van der Waals surface area contributed by atoms with E-state index in [9.17, 15) is 5.11 Å². The summed E-state index contributed by atoms with van der Waals surface area (Å²) in [5, 5.41) is 17.9. The van der Waals surface area contributed by atoms with Crippen LogP contribution < -0.4 is 18.9 Å². The van der Waals surface area contributed by atoms with Gasteiger partial charge in [0.05, 0.1) is 34.6 Å². The molecule has 30 heavy (non-hydrogen) atoms. The zero-order chi connectivity index (χ0) is 21.5. The lowest BCUT2D eigenvalue weighted by Gasteiger charge is -2.12. The molecule has 1 aromatic heterocycles. The standard InChI is InChI=1S/C22H23N3O5/c1-27-19-11-15(6-8-18(19)26)9-10-25-14-17(23-24-25)7-5-16-12-20(28-2)22(30-4)21(13-16)29-3/h5-14,26H,1-4H3/b7-5+,10-9+. The fourth-order valence-electron chi connectivity index (χ4n) is 2.78. The van der Waals surface area contributed by atoms with Crippen molar-refractivity contribution in [2.24, 2.45) is 0 Å². The molecule has 0 saturated heterocycles. The maximum atomic E-state index is 9.66. The molecule has 2 aromatic carbocycles. The average molecular weight is 409 g/mol. The first-order valence-electron chi connectivity index (χ1n) is 9.03. The van der Waals surface area contributed by atoms with Crippen LogP contribution in [-0.2, 0) is 0 Å². The number of hydrogen-bond donors (Lipinski definition) is 1. The van der Waals surface area contributed by atoms with Crippen molar-refractivity contribution >= 4 is 24.4 Å². The molecule has 1 heterocycles. The smallest absolute Gasteiger partial charge is 0.203 e. The summed E-state index contributed by atoms with van der Waals surface area (Å²) in [5.41, 5.74) is 2.40. The molecule has 0 saturated carbocycles. The van der Waals surface area contributed by atoms with Crippen molar-refractivity contribution in [3.05, 3.63) is 53.3 Å². The number of benzene rings is 2. The Labute approximate surface area is 174 Å². The molecular formula is C22H23N3O5. The lowest BCUT2D eigenvalue weighted by molar-refractivity contribution is 0.324. The summed E-state index contributed by atoms with van der Waals surface area (Å²) in [6.07, 6.45) is 9.09. The van der Waals surface area contributed by atoms with E-state index < -0.39 is 0 Å². The van der Waals surface area contributed by atoms with Gasteiger partial charge in [-0.2, -0.15) is 0 Å². The van der Waals surface area contributed by atoms with Crippen molar-refractivity contribution in [1.29, 1.82) is 0 Å². The number of phenolic OH excluding ortho intramolecular Hbond substituents is 1. The molecule has 0 aliphatic rings.